The number of nitrogens with zero attached hydrogens (tertiary/aromatic N) is 1. The maximum absolute atomic E-state index is 13.8. The first-order chi connectivity index (χ1) is 14.2. The van der Waals surface area contributed by atoms with Crippen LogP contribution in [0.5, 0.6) is 5.75 Å². The molecule has 1 aromatic carbocycles. The molecule has 2 aromatic rings. The highest BCUT2D eigenvalue weighted by atomic mass is 35.5. The van der Waals surface area contributed by atoms with E-state index in [1.165, 1.54) is 57.0 Å². The lowest BCUT2D eigenvalue weighted by Gasteiger charge is -2.37. The summed E-state index contributed by atoms with van der Waals surface area (Å²) in [6.45, 7) is 2.62. The highest BCUT2D eigenvalue weighted by Gasteiger charge is 2.43. The summed E-state index contributed by atoms with van der Waals surface area (Å²) in [5, 5.41) is 7.46. The Morgan fingerprint density at radius 3 is 2.73 bits per heavy atom. The van der Waals surface area contributed by atoms with Crippen LogP contribution < -0.4 is 15.4 Å². The monoisotopic (exact) mass is 431 g/mol. The Balaban J connectivity index is 0.00000218. The van der Waals surface area contributed by atoms with Crippen LogP contribution in [0.2, 0.25) is 0 Å². The first-order valence-electron chi connectivity index (χ1n) is 11.0. The van der Waals surface area contributed by atoms with Gasteiger partial charge < -0.3 is 15.4 Å². The summed E-state index contributed by atoms with van der Waals surface area (Å²) in [6.07, 6.45) is 9.27. The van der Waals surface area contributed by atoms with Crippen molar-refractivity contribution in [2.45, 2.75) is 63.1 Å². The van der Waals surface area contributed by atoms with Gasteiger partial charge in [0.2, 0.25) is 5.95 Å². The predicted molar refractivity (Wildman–Crippen MR) is 119 cm³/mol. The Bertz CT molecular complexity index is 848. The van der Waals surface area contributed by atoms with E-state index in [0.717, 1.165) is 12.2 Å². The van der Waals surface area contributed by atoms with Crippen LogP contribution >= 0.6 is 12.4 Å². The summed E-state index contributed by atoms with van der Waals surface area (Å²) in [6, 6.07) is 12.9. The molecule has 162 valence electrons. The Labute approximate surface area is 184 Å². The van der Waals surface area contributed by atoms with Crippen molar-refractivity contribution >= 4 is 12.4 Å². The Hall–Kier alpha value is -1.69. The molecule has 3 aliphatic rings. The molecule has 30 heavy (non-hydrogen) atoms. The normalized spacial score (nSPS) is 30.1. The van der Waals surface area contributed by atoms with Crippen molar-refractivity contribution in [3.63, 3.8) is 0 Å². The number of para-hydroxylation sites is 1. The smallest absolute Gasteiger partial charge is 0.219 e. The van der Waals surface area contributed by atoms with Gasteiger partial charge >= 0.3 is 0 Å². The van der Waals surface area contributed by atoms with Crippen molar-refractivity contribution in [2.75, 3.05) is 13.1 Å². The van der Waals surface area contributed by atoms with Crippen molar-refractivity contribution in [1.82, 2.24) is 15.6 Å². The van der Waals surface area contributed by atoms with Gasteiger partial charge in [0, 0.05) is 36.3 Å². The quantitative estimate of drug-likeness (QED) is 0.657. The number of pyridine rings is 1. The average molecular weight is 432 g/mol. The minimum atomic E-state index is -0.455. The minimum Gasteiger partial charge on any atom is -0.488 e. The number of halogens is 2. The topological polar surface area (TPSA) is 46.2 Å². The molecule has 0 bridgehead atoms. The van der Waals surface area contributed by atoms with Crippen LogP contribution in [-0.4, -0.2) is 30.2 Å². The molecule has 0 amide bonds. The van der Waals surface area contributed by atoms with Crippen molar-refractivity contribution < 1.29 is 9.13 Å². The van der Waals surface area contributed by atoms with Gasteiger partial charge in [0.25, 0.3) is 0 Å². The third kappa shape index (κ3) is 4.63. The van der Waals surface area contributed by atoms with Crippen LogP contribution in [0.4, 0.5) is 4.39 Å². The maximum atomic E-state index is 13.8. The van der Waals surface area contributed by atoms with E-state index in [0.29, 0.717) is 29.0 Å². The molecule has 6 heteroatoms. The Morgan fingerprint density at radius 2 is 1.97 bits per heavy atom. The number of rotatable bonds is 6. The molecule has 1 spiro atoms. The van der Waals surface area contributed by atoms with Crippen LogP contribution in [0.3, 0.4) is 0 Å². The van der Waals surface area contributed by atoms with Crippen molar-refractivity contribution in [2.24, 2.45) is 5.41 Å². The standard InChI is InChI=1S/C24H30FN3O.ClH/c25-23-17(4-3-12-27-23)15-29-22-6-2-1-5-19(22)20-14-21(20)28-18-7-9-24(10-8-18)11-13-26-16-24;/h1-6,12,18,20-21,26,28H,7-11,13-16H2;1H/t18?,20-,21+,24?;/m0./s1. The van der Waals surface area contributed by atoms with Crippen LogP contribution in [0.1, 0.15) is 55.6 Å². The summed E-state index contributed by atoms with van der Waals surface area (Å²) in [5.74, 6) is 0.905. The number of ether oxygens (including phenoxy) is 1. The molecule has 1 aromatic heterocycles. The Kier molecular flexibility index (Phi) is 6.61. The lowest BCUT2D eigenvalue weighted by atomic mass is 9.72. The molecule has 4 nitrogen and oxygen atoms in total. The highest BCUT2D eigenvalue weighted by Crippen LogP contribution is 2.47. The predicted octanol–water partition coefficient (Wildman–Crippen LogP) is 4.59. The van der Waals surface area contributed by atoms with Crippen LogP contribution in [0, 0.1) is 11.4 Å². The molecule has 2 heterocycles. The highest BCUT2D eigenvalue weighted by molar-refractivity contribution is 5.85. The van der Waals surface area contributed by atoms with Gasteiger partial charge in [-0.15, -0.1) is 12.4 Å². The molecule has 2 N–H and O–H groups in total. The fourth-order valence-electron chi connectivity index (χ4n) is 5.25. The SMILES string of the molecule is Cl.Fc1ncccc1COc1ccccc1[C@@H]1C[C@H]1NC1CCC2(CCNC2)CC1. The van der Waals surface area contributed by atoms with Crippen molar-refractivity contribution in [1.29, 1.82) is 0 Å². The second-order valence-corrected chi connectivity index (χ2v) is 9.10. The van der Waals surface area contributed by atoms with Crippen LogP contribution in [0.25, 0.3) is 0 Å². The van der Waals surface area contributed by atoms with E-state index in [4.69, 9.17) is 4.74 Å². The molecule has 1 saturated heterocycles. The fraction of sp³-hybridized carbons (Fsp3) is 0.542. The number of benzene rings is 1. The van der Waals surface area contributed by atoms with Gasteiger partial charge in [-0.05, 0) is 74.2 Å². The molecule has 2 aliphatic carbocycles. The first-order valence-corrected chi connectivity index (χ1v) is 11.0. The largest absolute Gasteiger partial charge is 0.488 e. The fourth-order valence-corrected chi connectivity index (χ4v) is 5.25. The molecule has 0 unspecified atom stereocenters. The summed E-state index contributed by atoms with van der Waals surface area (Å²) in [5.41, 5.74) is 2.32. The molecule has 2 saturated carbocycles. The van der Waals surface area contributed by atoms with Gasteiger partial charge in [-0.3, -0.25) is 0 Å². The maximum Gasteiger partial charge on any atom is 0.219 e. The van der Waals surface area contributed by atoms with Crippen LogP contribution in [0.15, 0.2) is 42.6 Å². The zero-order valence-corrected chi connectivity index (χ0v) is 18.1. The van der Waals surface area contributed by atoms with E-state index in [2.05, 4.69) is 27.8 Å². The second-order valence-electron chi connectivity index (χ2n) is 9.10. The van der Waals surface area contributed by atoms with E-state index in [9.17, 15) is 4.39 Å². The molecule has 5 rings (SSSR count). The zero-order valence-electron chi connectivity index (χ0n) is 17.3. The van der Waals surface area contributed by atoms with Crippen LogP contribution in [-0.2, 0) is 6.61 Å². The van der Waals surface area contributed by atoms with Crippen molar-refractivity contribution in [3.05, 3.63) is 59.7 Å². The van der Waals surface area contributed by atoms with Gasteiger partial charge in [-0.25, -0.2) is 4.98 Å². The zero-order chi connectivity index (χ0) is 19.7. The van der Waals surface area contributed by atoms with E-state index in [1.807, 2.05) is 12.1 Å². The van der Waals surface area contributed by atoms with E-state index in [1.54, 1.807) is 12.1 Å². The third-order valence-corrected chi connectivity index (χ3v) is 7.16. The third-order valence-electron chi connectivity index (χ3n) is 7.16. The molecular weight excluding hydrogens is 401 g/mol. The number of aromatic nitrogens is 1. The summed E-state index contributed by atoms with van der Waals surface area (Å²) >= 11 is 0. The summed E-state index contributed by atoms with van der Waals surface area (Å²) in [7, 11) is 0. The number of nitrogens with one attached hydrogen (secondary N) is 2. The van der Waals surface area contributed by atoms with Gasteiger partial charge in [0.05, 0.1) is 0 Å². The second kappa shape index (κ2) is 9.21. The number of hydrogen-bond donors (Lipinski definition) is 2. The van der Waals surface area contributed by atoms with Gasteiger partial charge in [0.15, 0.2) is 0 Å². The lowest BCUT2D eigenvalue weighted by molar-refractivity contribution is 0.183. The molecule has 3 fully saturated rings. The van der Waals surface area contributed by atoms with Crippen molar-refractivity contribution in [3.8, 4) is 5.75 Å². The number of hydrogen-bond acceptors (Lipinski definition) is 4. The molecule has 1 aliphatic heterocycles. The molecule has 2 atom stereocenters. The van der Waals surface area contributed by atoms with Gasteiger partial charge in [-0.2, -0.15) is 4.39 Å². The van der Waals surface area contributed by atoms with E-state index < -0.39 is 5.95 Å². The summed E-state index contributed by atoms with van der Waals surface area (Å²) < 4.78 is 19.8. The lowest BCUT2D eigenvalue weighted by Crippen LogP contribution is -2.39. The van der Waals surface area contributed by atoms with Gasteiger partial charge in [-0.1, -0.05) is 18.2 Å². The molecule has 0 radical (unpaired) electrons. The Morgan fingerprint density at radius 1 is 1.13 bits per heavy atom. The van der Waals surface area contributed by atoms with E-state index in [-0.39, 0.29) is 19.0 Å². The summed E-state index contributed by atoms with van der Waals surface area (Å²) in [4.78, 5) is 3.70. The first kappa shape index (κ1) is 21.5. The molecular formula is C24H31ClFN3O. The average Bonchev–Trinajstić information content (AvgIpc) is 3.37. The van der Waals surface area contributed by atoms with Gasteiger partial charge in [0.1, 0.15) is 12.4 Å². The van der Waals surface area contributed by atoms with E-state index >= 15 is 0 Å². The minimum absolute atomic E-state index is 0.